The van der Waals surface area contributed by atoms with Crippen LogP contribution in [-0.2, 0) is 5.75 Å². The van der Waals surface area contributed by atoms with Gasteiger partial charge in [0.2, 0.25) is 0 Å². The molecule has 0 saturated carbocycles. The third-order valence-corrected chi connectivity index (χ3v) is 3.79. The number of ether oxygens (including phenoxy) is 2. The van der Waals surface area contributed by atoms with Crippen LogP contribution in [0.3, 0.4) is 0 Å². The molecule has 3 nitrogen and oxygen atoms in total. The maximum atomic E-state index is 8.80. The van der Waals surface area contributed by atoms with Crippen molar-refractivity contribution in [1.82, 2.24) is 0 Å². The zero-order valence-corrected chi connectivity index (χ0v) is 12.7. The molecule has 2 aromatic carbocycles. The zero-order chi connectivity index (χ0) is 14.8. The van der Waals surface area contributed by atoms with E-state index in [-0.39, 0.29) is 13.2 Å². The normalized spacial score (nSPS) is 10.3. The summed E-state index contributed by atoms with van der Waals surface area (Å²) in [6, 6.07) is 17.9. The first kappa shape index (κ1) is 15.7. The summed E-state index contributed by atoms with van der Waals surface area (Å²) in [6.45, 7) is 0.918. The molecule has 2 aromatic rings. The molecule has 0 amide bonds. The molecule has 0 aliphatic rings. The summed E-state index contributed by atoms with van der Waals surface area (Å²) in [5.74, 6) is 3.32. The van der Waals surface area contributed by atoms with Gasteiger partial charge < -0.3 is 14.6 Å². The molecule has 112 valence electrons. The molecule has 0 saturated heterocycles. The fraction of sp³-hybridized carbons (Fsp3) is 0.294. The van der Waals surface area contributed by atoms with Crippen molar-refractivity contribution in [2.45, 2.75) is 5.75 Å². The van der Waals surface area contributed by atoms with Gasteiger partial charge in [-0.2, -0.15) is 11.8 Å². The molecule has 0 fully saturated rings. The summed E-state index contributed by atoms with van der Waals surface area (Å²) in [6.07, 6.45) is 0. The minimum Gasteiger partial charge on any atom is -0.489 e. The average molecular weight is 304 g/mol. The van der Waals surface area contributed by atoms with Gasteiger partial charge in [0, 0.05) is 11.5 Å². The molecule has 0 aliphatic carbocycles. The van der Waals surface area contributed by atoms with Gasteiger partial charge in [0.05, 0.1) is 13.2 Å². The summed E-state index contributed by atoms with van der Waals surface area (Å²) in [5.41, 5.74) is 1.33. The maximum Gasteiger partial charge on any atom is 0.161 e. The van der Waals surface area contributed by atoms with Crippen molar-refractivity contribution in [2.24, 2.45) is 0 Å². The lowest BCUT2D eigenvalue weighted by molar-refractivity contribution is 0.194. The second kappa shape index (κ2) is 9.32. The Labute approximate surface area is 129 Å². The van der Waals surface area contributed by atoms with Crippen molar-refractivity contribution in [3.05, 3.63) is 60.2 Å². The third kappa shape index (κ3) is 5.69. The van der Waals surface area contributed by atoms with Gasteiger partial charge >= 0.3 is 0 Å². The molecular formula is C17H20O3S. The van der Waals surface area contributed by atoms with Gasteiger partial charge in [-0.05, 0) is 17.7 Å². The fourth-order valence-corrected chi connectivity index (χ4v) is 2.59. The number of hydrogen-bond acceptors (Lipinski definition) is 4. The van der Waals surface area contributed by atoms with Crippen molar-refractivity contribution in [1.29, 1.82) is 0 Å². The molecule has 0 spiro atoms. The SMILES string of the molecule is OCCOc1ccccc1OCCSCc1ccccc1. The Bertz CT molecular complexity index is 516. The smallest absolute Gasteiger partial charge is 0.161 e. The van der Waals surface area contributed by atoms with E-state index in [0.717, 1.165) is 17.3 Å². The van der Waals surface area contributed by atoms with Crippen molar-refractivity contribution < 1.29 is 14.6 Å². The van der Waals surface area contributed by atoms with Crippen LogP contribution in [0.1, 0.15) is 5.56 Å². The molecule has 0 bridgehead atoms. The second-order valence-corrected chi connectivity index (χ2v) is 5.51. The molecule has 2 rings (SSSR count). The highest BCUT2D eigenvalue weighted by Crippen LogP contribution is 2.26. The molecule has 0 unspecified atom stereocenters. The standard InChI is InChI=1S/C17H20O3S/c18-10-11-19-16-8-4-5-9-17(16)20-12-13-21-14-15-6-2-1-3-7-15/h1-9,18H,10-14H2. The van der Waals surface area contributed by atoms with E-state index in [1.54, 1.807) is 0 Å². The van der Waals surface area contributed by atoms with Gasteiger partial charge in [-0.1, -0.05) is 42.5 Å². The highest BCUT2D eigenvalue weighted by molar-refractivity contribution is 7.98. The predicted molar refractivity (Wildman–Crippen MR) is 87.1 cm³/mol. The lowest BCUT2D eigenvalue weighted by Gasteiger charge is -2.11. The lowest BCUT2D eigenvalue weighted by atomic mass is 10.2. The summed E-state index contributed by atoms with van der Waals surface area (Å²) < 4.78 is 11.2. The van der Waals surface area contributed by atoms with E-state index >= 15 is 0 Å². The van der Waals surface area contributed by atoms with Gasteiger partial charge in [0.15, 0.2) is 11.5 Å². The van der Waals surface area contributed by atoms with Crippen molar-refractivity contribution >= 4 is 11.8 Å². The number of hydrogen-bond donors (Lipinski definition) is 1. The van der Waals surface area contributed by atoms with E-state index in [1.807, 2.05) is 42.1 Å². The topological polar surface area (TPSA) is 38.7 Å². The fourth-order valence-electron chi connectivity index (χ4n) is 1.82. The summed E-state index contributed by atoms with van der Waals surface area (Å²) >= 11 is 1.84. The molecule has 0 atom stereocenters. The molecule has 4 heteroatoms. The van der Waals surface area contributed by atoms with Gasteiger partial charge in [-0.25, -0.2) is 0 Å². The van der Waals surface area contributed by atoms with Gasteiger partial charge in [-0.15, -0.1) is 0 Å². The molecule has 0 heterocycles. The van der Waals surface area contributed by atoms with E-state index in [9.17, 15) is 0 Å². The Hall–Kier alpha value is -1.65. The number of aliphatic hydroxyl groups is 1. The Morgan fingerprint density at radius 2 is 1.43 bits per heavy atom. The third-order valence-electron chi connectivity index (χ3n) is 2.79. The number of benzene rings is 2. The van der Waals surface area contributed by atoms with Crippen LogP contribution in [0.5, 0.6) is 11.5 Å². The zero-order valence-electron chi connectivity index (χ0n) is 11.9. The van der Waals surface area contributed by atoms with Crippen LogP contribution in [0.15, 0.2) is 54.6 Å². The van der Waals surface area contributed by atoms with Crippen LogP contribution < -0.4 is 9.47 Å². The number of para-hydroxylation sites is 2. The Kier molecular flexibility index (Phi) is 6.98. The van der Waals surface area contributed by atoms with Crippen molar-refractivity contribution in [3.8, 4) is 11.5 Å². The number of aliphatic hydroxyl groups excluding tert-OH is 1. The summed E-state index contributed by atoms with van der Waals surface area (Å²) in [7, 11) is 0. The van der Waals surface area contributed by atoms with E-state index < -0.39 is 0 Å². The van der Waals surface area contributed by atoms with Crippen molar-refractivity contribution in [2.75, 3.05) is 25.6 Å². The van der Waals surface area contributed by atoms with E-state index in [4.69, 9.17) is 14.6 Å². The first-order chi connectivity index (χ1) is 10.4. The minimum atomic E-state index is 0.00125. The first-order valence-electron chi connectivity index (χ1n) is 6.97. The van der Waals surface area contributed by atoms with E-state index in [0.29, 0.717) is 12.4 Å². The minimum absolute atomic E-state index is 0.00125. The lowest BCUT2D eigenvalue weighted by Crippen LogP contribution is -2.05. The van der Waals surface area contributed by atoms with Crippen LogP contribution >= 0.6 is 11.8 Å². The largest absolute Gasteiger partial charge is 0.489 e. The molecule has 21 heavy (non-hydrogen) atoms. The Morgan fingerprint density at radius 1 is 0.810 bits per heavy atom. The van der Waals surface area contributed by atoms with E-state index in [2.05, 4.69) is 24.3 Å². The average Bonchev–Trinajstić information content (AvgIpc) is 2.54. The molecule has 0 aromatic heterocycles. The maximum absolute atomic E-state index is 8.80. The Morgan fingerprint density at radius 3 is 2.10 bits per heavy atom. The second-order valence-electron chi connectivity index (χ2n) is 4.41. The summed E-state index contributed by atoms with van der Waals surface area (Å²) in [4.78, 5) is 0. The van der Waals surface area contributed by atoms with Crippen molar-refractivity contribution in [3.63, 3.8) is 0 Å². The van der Waals surface area contributed by atoms with Crippen LogP contribution in [0, 0.1) is 0 Å². The highest BCUT2D eigenvalue weighted by atomic mass is 32.2. The first-order valence-corrected chi connectivity index (χ1v) is 8.13. The van der Waals surface area contributed by atoms with Crippen LogP contribution in [0.4, 0.5) is 0 Å². The predicted octanol–water partition coefficient (Wildman–Crippen LogP) is 3.37. The van der Waals surface area contributed by atoms with E-state index in [1.165, 1.54) is 5.56 Å². The quantitative estimate of drug-likeness (QED) is 0.721. The Balaban J connectivity index is 1.71. The van der Waals surface area contributed by atoms with Crippen LogP contribution in [0.25, 0.3) is 0 Å². The molecule has 0 radical (unpaired) electrons. The number of rotatable bonds is 9. The van der Waals surface area contributed by atoms with Crippen LogP contribution in [-0.4, -0.2) is 30.7 Å². The molecule has 0 aliphatic heterocycles. The van der Waals surface area contributed by atoms with Gasteiger partial charge in [-0.3, -0.25) is 0 Å². The molecule has 1 N–H and O–H groups in total. The number of thioether (sulfide) groups is 1. The monoisotopic (exact) mass is 304 g/mol. The highest BCUT2D eigenvalue weighted by Gasteiger charge is 2.03. The summed E-state index contributed by atoms with van der Waals surface area (Å²) in [5, 5.41) is 8.80. The van der Waals surface area contributed by atoms with Crippen LogP contribution in [0.2, 0.25) is 0 Å². The van der Waals surface area contributed by atoms with Gasteiger partial charge in [0.25, 0.3) is 0 Å². The van der Waals surface area contributed by atoms with Gasteiger partial charge in [0.1, 0.15) is 6.61 Å². The molecular weight excluding hydrogens is 284 g/mol.